The van der Waals surface area contributed by atoms with Crippen LogP contribution in [0.5, 0.6) is 0 Å². The lowest BCUT2D eigenvalue weighted by Gasteiger charge is -1.54. The van der Waals surface area contributed by atoms with Crippen molar-refractivity contribution in [3.05, 3.63) is 11.4 Å². The third-order valence-electron chi connectivity index (χ3n) is 0.0913. The monoisotopic (exact) mass is 72.1 g/mol. The highest BCUT2D eigenvalue weighted by Crippen LogP contribution is 1.39. The van der Waals surface area contributed by atoms with Crippen LogP contribution in [-0.2, 0) is 0 Å². The van der Waals surface area contributed by atoms with Gasteiger partial charge in [0.15, 0.2) is 0 Å². The summed E-state index contributed by atoms with van der Waals surface area (Å²) in [5.74, 6) is 0. The van der Waals surface area contributed by atoms with Gasteiger partial charge in [0.1, 0.15) is 0 Å². The Morgan fingerprint density at radius 3 is 2.00 bits per heavy atom. The summed E-state index contributed by atoms with van der Waals surface area (Å²) in [4.78, 5) is 2.76. The lowest BCUT2D eigenvalue weighted by Crippen LogP contribution is -1.87. The predicted octanol–water partition coefficient (Wildman–Crippen LogP) is 0.458. The number of rotatable bonds is 0. The van der Waals surface area contributed by atoms with E-state index >= 15 is 0 Å². The highest BCUT2D eigenvalue weighted by atomic mass is 14.8. The van der Waals surface area contributed by atoms with E-state index in [2.05, 4.69) is 10.6 Å². The molecule has 2 heteroatoms. The average molecular weight is 72.1 g/mol. The topological polar surface area (TPSA) is 30.4 Å². The Hall–Kier alpha value is -0.550. The van der Waals surface area contributed by atoms with Gasteiger partial charge in [0.25, 0.3) is 6.67 Å². The summed E-state index contributed by atoms with van der Waals surface area (Å²) in [5.41, 5.74) is 4.67. The van der Waals surface area contributed by atoms with Gasteiger partial charge in [-0.05, 0) is 0 Å². The van der Waals surface area contributed by atoms with Gasteiger partial charge in [-0.15, -0.1) is 0 Å². The molecule has 0 unspecified atom stereocenters. The van der Waals surface area contributed by atoms with Crippen LogP contribution in [-0.4, -0.2) is 6.67 Å². The lowest BCUT2D eigenvalue weighted by atomic mass is 11.2. The molecule has 30 valence electrons. The van der Waals surface area contributed by atoms with Crippen molar-refractivity contribution in [2.45, 2.75) is 7.43 Å². The molecule has 0 saturated carbocycles. The first-order valence-electron chi connectivity index (χ1n) is 0.948. The van der Waals surface area contributed by atoms with Crippen molar-refractivity contribution < 1.29 is 0 Å². The molecule has 0 aliphatic heterocycles. The van der Waals surface area contributed by atoms with E-state index < -0.39 is 0 Å². The lowest BCUT2D eigenvalue weighted by molar-refractivity contribution is 1.25. The average Bonchev–Trinajstić information content (AvgIpc) is 1.37. The molecule has 0 rings (SSSR count). The molecule has 2 nitrogen and oxygen atoms in total. The van der Waals surface area contributed by atoms with Crippen molar-refractivity contribution in [1.82, 2.24) is 0 Å². The van der Waals surface area contributed by atoms with Gasteiger partial charge in [0.2, 0.25) is 0 Å². The van der Waals surface area contributed by atoms with Crippen molar-refractivity contribution in [3.63, 3.8) is 0 Å². The third kappa shape index (κ3) is 35.8. The zero-order valence-electron chi connectivity index (χ0n) is 2.23. The predicted molar refractivity (Wildman–Crippen MR) is 22.4 cm³/mol. The number of nitrogens with two attached hydrogens (primary N) is 1. The number of nitrogens with zero attached hydrogens (tertiary/aromatic N) is 1. The van der Waals surface area contributed by atoms with Gasteiger partial charge < -0.3 is 0 Å². The Morgan fingerprint density at radius 2 is 2.00 bits per heavy atom. The molecule has 0 aromatic heterocycles. The zero-order chi connectivity index (χ0) is 3.41. The molecule has 0 aliphatic carbocycles. The Bertz CT molecular complexity index is 34.6. The maximum Gasteiger partial charge on any atom is 0.265 e. The van der Waals surface area contributed by atoms with E-state index in [4.69, 9.17) is 6.57 Å². The molecule has 0 saturated heterocycles. The van der Waals surface area contributed by atoms with Gasteiger partial charge in [-0.2, -0.15) is 0 Å². The summed E-state index contributed by atoms with van der Waals surface area (Å²) in [6, 6.07) is 0. The van der Waals surface area contributed by atoms with Crippen LogP contribution in [0.25, 0.3) is 4.85 Å². The van der Waals surface area contributed by atoms with Crippen LogP contribution >= 0.6 is 0 Å². The molecule has 0 radical (unpaired) electrons. The van der Waals surface area contributed by atoms with Crippen molar-refractivity contribution in [2.75, 3.05) is 6.67 Å². The molecule has 0 amide bonds. The fourth-order valence-corrected chi connectivity index (χ4v) is 0. The molecular formula is C3H8N2. The van der Waals surface area contributed by atoms with Crippen molar-refractivity contribution in [1.29, 1.82) is 0 Å². The normalized spacial score (nSPS) is 4.00. The summed E-state index contributed by atoms with van der Waals surface area (Å²) in [6.45, 7) is 6.06. The summed E-state index contributed by atoms with van der Waals surface area (Å²) in [5, 5.41) is 0. The second-order valence-electron chi connectivity index (χ2n) is 0.341. The fraction of sp³-hybridized carbons (Fsp3) is 0.667. The second-order valence-corrected chi connectivity index (χ2v) is 0.341. The molecule has 0 aromatic rings. The van der Waals surface area contributed by atoms with Crippen LogP contribution in [0.1, 0.15) is 7.43 Å². The smallest absolute Gasteiger partial charge is 0.265 e. The van der Waals surface area contributed by atoms with Crippen molar-refractivity contribution in [3.8, 4) is 0 Å². The van der Waals surface area contributed by atoms with E-state index in [1.807, 2.05) is 0 Å². The Balaban J connectivity index is 0. The summed E-state index contributed by atoms with van der Waals surface area (Å²) in [6.07, 6.45) is 0. The fourth-order valence-electron chi connectivity index (χ4n) is 0. The van der Waals surface area contributed by atoms with Gasteiger partial charge in [-0.1, -0.05) is 7.43 Å². The Morgan fingerprint density at radius 1 is 1.80 bits per heavy atom. The van der Waals surface area contributed by atoms with Gasteiger partial charge in [-0.3, -0.25) is 10.6 Å². The van der Waals surface area contributed by atoms with Crippen molar-refractivity contribution >= 4 is 0 Å². The molecular weight excluding hydrogens is 64.0 g/mol. The maximum absolute atomic E-state index is 5.95. The van der Waals surface area contributed by atoms with E-state index in [-0.39, 0.29) is 14.1 Å². The van der Waals surface area contributed by atoms with E-state index in [9.17, 15) is 0 Å². The Kier molecular flexibility index (Phi) is 17.4. The molecule has 0 atom stereocenters. The van der Waals surface area contributed by atoms with E-state index in [1.54, 1.807) is 0 Å². The molecule has 0 aliphatic rings. The van der Waals surface area contributed by atoms with Crippen LogP contribution < -0.4 is 5.73 Å². The first kappa shape index (κ1) is 8.82. The van der Waals surface area contributed by atoms with Crippen LogP contribution in [0.3, 0.4) is 0 Å². The van der Waals surface area contributed by atoms with Gasteiger partial charge in [0, 0.05) is 0 Å². The van der Waals surface area contributed by atoms with Crippen LogP contribution in [0.2, 0.25) is 0 Å². The van der Waals surface area contributed by atoms with E-state index in [1.165, 1.54) is 0 Å². The highest BCUT2D eigenvalue weighted by molar-refractivity contribution is 4.45. The quantitative estimate of drug-likeness (QED) is 0.414. The van der Waals surface area contributed by atoms with E-state index in [0.717, 1.165) is 0 Å². The molecule has 0 bridgehead atoms. The molecule has 0 fully saturated rings. The molecule has 2 N–H and O–H groups in total. The molecule has 0 aromatic carbocycles. The minimum atomic E-state index is 0. The Labute approximate surface area is 32.4 Å². The number of hydrogen-bond donors (Lipinski definition) is 1. The SMILES string of the molecule is C.[C-]#[N+]CN. The van der Waals surface area contributed by atoms with Gasteiger partial charge >= 0.3 is 0 Å². The third-order valence-corrected chi connectivity index (χ3v) is 0.0913. The summed E-state index contributed by atoms with van der Waals surface area (Å²) in [7, 11) is 0. The first-order chi connectivity index (χ1) is 1.91. The van der Waals surface area contributed by atoms with Crippen LogP contribution in [0, 0.1) is 6.57 Å². The highest BCUT2D eigenvalue weighted by Gasteiger charge is 1.47. The molecule has 0 spiro atoms. The minimum absolute atomic E-state index is 0. The molecule has 0 heterocycles. The van der Waals surface area contributed by atoms with Gasteiger partial charge in [0.05, 0.1) is 0 Å². The van der Waals surface area contributed by atoms with E-state index in [0.29, 0.717) is 0 Å². The summed E-state index contributed by atoms with van der Waals surface area (Å²) >= 11 is 0. The van der Waals surface area contributed by atoms with Gasteiger partial charge in [-0.25, -0.2) is 6.57 Å². The molecule has 5 heavy (non-hydrogen) atoms. The van der Waals surface area contributed by atoms with Crippen LogP contribution in [0.15, 0.2) is 0 Å². The standard InChI is InChI=1S/C2H4N2.CH4/c1-4-2-3;/h2-3H2;1H4. The van der Waals surface area contributed by atoms with Crippen molar-refractivity contribution in [2.24, 2.45) is 5.73 Å². The number of hydrogen-bond acceptors (Lipinski definition) is 1. The first-order valence-corrected chi connectivity index (χ1v) is 0.948. The maximum atomic E-state index is 5.95. The summed E-state index contributed by atoms with van der Waals surface area (Å²) < 4.78 is 0. The van der Waals surface area contributed by atoms with Crippen LogP contribution in [0.4, 0.5) is 0 Å². The zero-order valence-corrected chi connectivity index (χ0v) is 2.23. The largest absolute Gasteiger partial charge is 0.300 e. The minimum Gasteiger partial charge on any atom is -0.300 e. The second kappa shape index (κ2) is 9.85.